The first-order valence-corrected chi connectivity index (χ1v) is 7.27. The Morgan fingerprint density at radius 1 is 1.15 bits per heavy atom. The highest BCUT2D eigenvalue weighted by molar-refractivity contribution is 5.34. The molecule has 1 aliphatic rings. The Bertz CT molecular complexity index is 563. The number of hydrogen-bond acceptors (Lipinski definition) is 3. The molecule has 0 radical (unpaired) electrons. The van der Waals surface area contributed by atoms with Gasteiger partial charge in [0, 0.05) is 26.3 Å². The number of fused-ring (bicyclic) bond motifs is 1. The molecule has 2 aromatic rings. The van der Waals surface area contributed by atoms with Crippen LogP contribution < -0.4 is 5.32 Å². The Hall–Kier alpha value is -1.87. The van der Waals surface area contributed by atoms with Crippen LogP contribution in [0.5, 0.6) is 0 Å². The van der Waals surface area contributed by atoms with Gasteiger partial charge in [0.25, 0.3) is 0 Å². The van der Waals surface area contributed by atoms with Crippen LogP contribution in [-0.4, -0.2) is 23.5 Å². The molecule has 0 saturated carbocycles. The van der Waals surface area contributed by atoms with Crippen LogP contribution >= 0.6 is 0 Å². The van der Waals surface area contributed by atoms with Crippen molar-refractivity contribution in [1.29, 1.82) is 0 Å². The Kier molecular flexibility index (Phi) is 3.97. The maximum absolute atomic E-state index is 4.39. The van der Waals surface area contributed by atoms with Crippen molar-refractivity contribution in [3.8, 4) is 0 Å². The quantitative estimate of drug-likeness (QED) is 0.926. The molecule has 0 aliphatic carbocycles. The van der Waals surface area contributed by atoms with E-state index in [0.29, 0.717) is 0 Å². The molecule has 20 heavy (non-hydrogen) atoms. The lowest BCUT2D eigenvalue weighted by molar-refractivity contribution is 0.261. The molecule has 0 saturated heterocycles. The molecule has 1 aromatic carbocycles. The third kappa shape index (κ3) is 2.99. The van der Waals surface area contributed by atoms with E-state index in [1.807, 2.05) is 19.3 Å². The van der Waals surface area contributed by atoms with Crippen LogP contribution in [0.3, 0.4) is 0 Å². The lowest BCUT2D eigenvalue weighted by Crippen LogP contribution is -2.22. The van der Waals surface area contributed by atoms with Crippen molar-refractivity contribution in [2.24, 2.45) is 0 Å². The van der Waals surface area contributed by atoms with Crippen LogP contribution in [0.2, 0.25) is 0 Å². The number of hydrogen-bond donors (Lipinski definition) is 1. The average Bonchev–Trinajstić information content (AvgIpc) is 2.69. The molecule has 0 unspecified atom stereocenters. The molecule has 104 valence electrons. The van der Waals surface area contributed by atoms with E-state index in [9.17, 15) is 0 Å². The second kappa shape index (κ2) is 6.06. The number of aromatic nitrogens is 1. The molecule has 3 nitrogen and oxygen atoms in total. The van der Waals surface area contributed by atoms with Gasteiger partial charge in [-0.1, -0.05) is 30.3 Å². The van der Waals surface area contributed by atoms with Crippen molar-refractivity contribution >= 4 is 5.82 Å². The Labute approximate surface area is 120 Å². The van der Waals surface area contributed by atoms with E-state index >= 15 is 0 Å². The Morgan fingerprint density at radius 2 is 2.00 bits per heavy atom. The van der Waals surface area contributed by atoms with E-state index in [4.69, 9.17) is 0 Å². The van der Waals surface area contributed by atoms with Crippen molar-refractivity contribution in [2.75, 3.05) is 18.9 Å². The first-order valence-electron chi connectivity index (χ1n) is 7.27. The zero-order chi connectivity index (χ0) is 13.8. The van der Waals surface area contributed by atoms with Gasteiger partial charge in [-0.2, -0.15) is 0 Å². The third-order valence-electron chi connectivity index (χ3n) is 3.92. The van der Waals surface area contributed by atoms with E-state index in [0.717, 1.165) is 25.5 Å². The van der Waals surface area contributed by atoms with Gasteiger partial charge in [-0.05, 0) is 42.1 Å². The predicted molar refractivity (Wildman–Crippen MR) is 82.7 cm³/mol. The Balaban J connectivity index is 1.71. The zero-order valence-electron chi connectivity index (χ0n) is 12.0. The number of aryl methyl sites for hydroxylation is 1. The summed E-state index contributed by atoms with van der Waals surface area (Å²) in [5.41, 5.74) is 4.27. The maximum Gasteiger partial charge on any atom is 0.125 e. The normalized spacial score (nSPS) is 15.4. The van der Waals surface area contributed by atoms with Gasteiger partial charge in [0.15, 0.2) is 0 Å². The van der Waals surface area contributed by atoms with Crippen LogP contribution in [0.4, 0.5) is 5.82 Å². The maximum atomic E-state index is 4.39. The summed E-state index contributed by atoms with van der Waals surface area (Å²) in [6.45, 7) is 3.18. The number of anilines is 1. The van der Waals surface area contributed by atoms with Crippen LogP contribution in [0.15, 0.2) is 42.6 Å². The molecule has 3 rings (SSSR count). The molecule has 1 aliphatic heterocycles. The average molecular weight is 267 g/mol. The number of pyridine rings is 1. The van der Waals surface area contributed by atoms with Crippen molar-refractivity contribution in [1.82, 2.24) is 9.88 Å². The van der Waals surface area contributed by atoms with Crippen LogP contribution in [0.25, 0.3) is 0 Å². The summed E-state index contributed by atoms with van der Waals surface area (Å²) in [5.74, 6) is 0.926. The summed E-state index contributed by atoms with van der Waals surface area (Å²) in [6.07, 6.45) is 4.41. The summed E-state index contributed by atoms with van der Waals surface area (Å²) in [7, 11) is 1.90. The minimum absolute atomic E-state index is 0.926. The van der Waals surface area contributed by atoms with E-state index in [1.54, 1.807) is 0 Å². The van der Waals surface area contributed by atoms with E-state index in [-0.39, 0.29) is 0 Å². The minimum atomic E-state index is 0.926. The predicted octanol–water partition coefficient (Wildman–Crippen LogP) is 3.07. The fraction of sp³-hybridized carbons (Fsp3) is 0.353. The summed E-state index contributed by atoms with van der Waals surface area (Å²) >= 11 is 0. The number of benzene rings is 1. The van der Waals surface area contributed by atoms with E-state index in [2.05, 4.69) is 45.5 Å². The molecular weight excluding hydrogens is 246 g/mol. The third-order valence-corrected chi connectivity index (χ3v) is 3.92. The SMILES string of the molecule is CNc1ccc(CN2CCCc3ccccc3C2)cn1. The molecule has 1 aromatic heterocycles. The van der Waals surface area contributed by atoms with Crippen LogP contribution in [0, 0.1) is 0 Å². The molecule has 0 atom stereocenters. The molecule has 0 fully saturated rings. The topological polar surface area (TPSA) is 28.2 Å². The van der Waals surface area contributed by atoms with E-state index in [1.165, 1.54) is 29.5 Å². The van der Waals surface area contributed by atoms with Crippen molar-refractivity contribution in [3.05, 3.63) is 59.3 Å². The smallest absolute Gasteiger partial charge is 0.125 e. The number of rotatable bonds is 3. The van der Waals surface area contributed by atoms with Gasteiger partial charge in [-0.15, -0.1) is 0 Å². The monoisotopic (exact) mass is 267 g/mol. The summed E-state index contributed by atoms with van der Waals surface area (Å²) in [5, 5.41) is 3.06. The van der Waals surface area contributed by atoms with Crippen LogP contribution in [-0.2, 0) is 19.5 Å². The summed E-state index contributed by atoms with van der Waals surface area (Å²) < 4.78 is 0. The van der Waals surface area contributed by atoms with Gasteiger partial charge >= 0.3 is 0 Å². The molecule has 0 amide bonds. The summed E-state index contributed by atoms with van der Waals surface area (Å²) in [4.78, 5) is 6.91. The van der Waals surface area contributed by atoms with Gasteiger partial charge in [-0.25, -0.2) is 4.98 Å². The minimum Gasteiger partial charge on any atom is -0.373 e. The number of nitrogens with zero attached hydrogens (tertiary/aromatic N) is 2. The van der Waals surface area contributed by atoms with Gasteiger partial charge in [0.2, 0.25) is 0 Å². The lowest BCUT2D eigenvalue weighted by atomic mass is 10.0. The molecule has 0 bridgehead atoms. The van der Waals surface area contributed by atoms with Gasteiger partial charge in [0.05, 0.1) is 0 Å². The number of nitrogens with one attached hydrogen (secondary N) is 1. The van der Waals surface area contributed by atoms with Gasteiger partial charge in [0.1, 0.15) is 5.82 Å². The lowest BCUT2D eigenvalue weighted by Gasteiger charge is -2.20. The standard InChI is InChI=1S/C17H21N3/c1-18-17-9-8-14(11-19-17)12-20-10-4-7-15-5-2-3-6-16(15)13-20/h2-3,5-6,8-9,11H,4,7,10,12-13H2,1H3,(H,18,19). The van der Waals surface area contributed by atoms with E-state index < -0.39 is 0 Å². The molecule has 1 N–H and O–H groups in total. The second-order valence-electron chi connectivity index (χ2n) is 5.38. The molecule has 2 heterocycles. The molecule has 3 heteroatoms. The van der Waals surface area contributed by atoms with Crippen molar-refractivity contribution < 1.29 is 0 Å². The zero-order valence-corrected chi connectivity index (χ0v) is 12.0. The largest absolute Gasteiger partial charge is 0.373 e. The second-order valence-corrected chi connectivity index (χ2v) is 5.38. The first-order chi connectivity index (χ1) is 9.85. The van der Waals surface area contributed by atoms with Gasteiger partial charge in [-0.3, -0.25) is 4.90 Å². The molecular formula is C17H21N3. The highest BCUT2D eigenvalue weighted by Gasteiger charge is 2.14. The van der Waals surface area contributed by atoms with Crippen LogP contribution in [0.1, 0.15) is 23.1 Å². The van der Waals surface area contributed by atoms with Gasteiger partial charge < -0.3 is 5.32 Å². The fourth-order valence-electron chi connectivity index (χ4n) is 2.83. The first kappa shape index (κ1) is 13.1. The highest BCUT2D eigenvalue weighted by Crippen LogP contribution is 2.20. The summed E-state index contributed by atoms with van der Waals surface area (Å²) in [6, 6.07) is 13.0. The molecule has 0 spiro atoms. The highest BCUT2D eigenvalue weighted by atomic mass is 15.1. The van der Waals surface area contributed by atoms with Crippen molar-refractivity contribution in [3.63, 3.8) is 0 Å². The fourth-order valence-corrected chi connectivity index (χ4v) is 2.83. The Morgan fingerprint density at radius 3 is 2.75 bits per heavy atom. The van der Waals surface area contributed by atoms with Crippen molar-refractivity contribution in [2.45, 2.75) is 25.9 Å².